The maximum Gasteiger partial charge on any atom is 0.278 e. The normalized spacial score (nSPS) is 13.7. The van der Waals surface area contributed by atoms with Gasteiger partial charge in [-0.05, 0) is 62.4 Å². The number of fused-ring (bicyclic) bond motifs is 1. The second-order valence-corrected chi connectivity index (χ2v) is 7.86. The Bertz CT molecular complexity index is 1070. The second-order valence-electron chi connectivity index (χ2n) is 7.86. The summed E-state index contributed by atoms with van der Waals surface area (Å²) in [7, 11) is 1.80. The van der Waals surface area contributed by atoms with Gasteiger partial charge in [-0.15, -0.1) is 0 Å². The molecule has 150 valence electrons. The number of nitrogens with zero attached hydrogens (tertiary/aromatic N) is 3. The molecule has 0 unspecified atom stereocenters. The Morgan fingerprint density at radius 3 is 2.72 bits per heavy atom. The fourth-order valence-electron chi connectivity index (χ4n) is 4.09. The van der Waals surface area contributed by atoms with Gasteiger partial charge in [0, 0.05) is 24.8 Å². The molecule has 0 aliphatic carbocycles. The topological polar surface area (TPSA) is 38.1 Å². The van der Waals surface area contributed by atoms with Gasteiger partial charge in [-0.3, -0.25) is 4.79 Å². The lowest BCUT2D eigenvalue weighted by Crippen LogP contribution is -2.28. The zero-order valence-electron chi connectivity index (χ0n) is 17.2. The van der Waals surface area contributed by atoms with Crippen molar-refractivity contribution in [2.45, 2.75) is 46.1 Å². The molecule has 0 bridgehead atoms. The van der Waals surface area contributed by atoms with Crippen LogP contribution in [0.25, 0.3) is 11.4 Å². The molecule has 1 aliphatic rings. The minimum absolute atomic E-state index is 0.119. The van der Waals surface area contributed by atoms with E-state index < -0.39 is 0 Å². The van der Waals surface area contributed by atoms with Crippen LogP contribution in [0.3, 0.4) is 0 Å². The predicted molar refractivity (Wildman–Crippen MR) is 114 cm³/mol. The molecule has 2 aromatic carbocycles. The summed E-state index contributed by atoms with van der Waals surface area (Å²) in [5, 5.41) is 0. The Balaban J connectivity index is 1.81. The zero-order chi connectivity index (χ0) is 20.5. The summed E-state index contributed by atoms with van der Waals surface area (Å²) in [6.07, 6.45) is 3.99. The number of aromatic nitrogens is 2. The first kappa shape index (κ1) is 19.4. The van der Waals surface area contributed by atoms with Crippen molar-refractivity contribution >= 4 is 11.6 Å². The Morgan fingerprint density at radius 2 is 1.93 bits per heavy atom. The van der Waals surface area contributed by atoms with E-state index in [1.165, 1.54) is 12.1 Å². The van der Waals surface area contributed by atoms with Crippen molar-refractivity contribution in [3.05, 3.63) is 70.8 Å². The third-order valence-corrected chi connectivity index (χ3v) is 5.68. The molecule has 4 rings (SSSR count). The number of anilines is 1. The number of amides is 1. The van der Waals surface area contributed by atoms with E-state index in [1.54, 1.807) is 18.0 Å². The van der Waals surface area contributed by atoms with Crippen LogP contribution in [0.4, 0.5) is 10.1 Å². The van der Waals surface area contributed by atoms with Crippen molar-refractivity contribution in [2.24, 2.45) is 0 Å². The lowest BCUT2D eigenvalue weighted by Gasteiger charge is -2.20. The molecule has 2 heterocycles. The third kappa shape index (κ3) is 3.69. The maximum atomic E-state index is 13.9. The van der Waals surface area contributed by atoms with Crippen LogP contribution in [0.15, 0.2) is 42.5 Å². The molecule has 29 heavy (non-hydrogen) atoms. The molecule has 0 spiro atoms. The number of aryl methyl sites for hydroxylation is 2. The highest BCUT2D eigenvalue weighted by Gasteiger charge is 2.27. The van der Waals surface area contributed by atoms with Crippen LogP contribution < -0.4 is 4.90 Å². The van der Waals surface area contributed by atoms with Gasteiger partial charge in [-0.1, -0.05) is 30.7 Å². The maximum absolute atomic E-state index is 13.9. The van der Waals surface area contributed by atoms with E-state index in [-0.39, 0.29) is 11.7 Å². The molecule has 0 radical (unpaired) electrons. The molecule has 0 N–H and O–H groups in total. The molecule has 0 atom stereocenters. The molecular weight excluding hydrogens is 365 g/mol. The Hall–Kier alpha value is -2.95. The second kappa shape index (κ2) is 7.82. The Morgan fingerprint density at radius 1 is 1.10 bits per heavy atom. The fraction of sp³-hybridized carbons (Fsp3) is 0.333. The molecule has 4 nitrogen and oxygen atoms in total. The number of carbonyl (C=O) groups excluding carboxylic acids is 1. The molecule has 5 heteroatoms. The molecule has 1 aromatic heterocycles. The van der Waals surface area contributed by atoms with Crippen molar-refractivity contribution in [3.8, 4) is 11.4 Å². The number of imidazole rings is 1. The Kier molecular flexibility index (Phi) is 5.22. The average Bonchev–Trinajstić information content (AvgIpc) is 2.89. The van der Waals surface area contributed by atoms with Crippen LogP contribution in [0, 0.1) is 19.7 Å². The average molecular weight is 391 g/mol. The number of halogens is 1. The van der Waals surface area contributed by atoms with Gasteiger partial charge < -0.3 is 9.47 Å². The van der Waals surface area contributed by atoms with Crippen LogP contribution in [-0.4, -0.2) is 22.5 Å². The van der Waals surface area contributed by atoms with Crippen LogP contribution >= 0.6 is 0 Å². The summed E-state index contributed by atoms with van der Waals surface area (Å²) in [5.74, 6) is 0.264. The van der Waals surface area contributed by atoms with Gasteiger partial charge in [0.25, 0.3) is 5.91 Å². The summed E-state index contributed by atoms with van der Waals surface area (Å²) in [6, 6.07) is 12.6. The van der Waals surface area contributed by atoms with Gasteiger partial charge >= 0.3 is 0 Å². The zero-order valence-corrected chi connectivity index (χ0v) is 17.2. The summed E-state index contributed by atoms with van der Waals surface area (Å²) in [5.41, 5.74) is 5.19. The van der Waals surface area contributed by atoms with E-state index >= 15 is 0 Å². The van der Waals surface area contributed by atoms with E-state index in [9.17, 15) is 9.18 Å². The van der Waals surface area contributed by atoms with E-state index in [0.717, 1.165) is 54.7 Å². The van der Waals surface area contributed by atoms with Crippen molar-refractivity contribution < 1.29 is 9.18 Å². The van der Waals surface area contributed by atoms with E-state index in [0.29, 0.717) is 17.1 Å². The quantitative estimate of drug-likeness (QED) is 0.607. The van der Waals surface area contributed by atoms with Gasteiger partial charge in [0.05, 0.1) is 5.69 Å². The first-order valence-corrected chi connectivity index (χ1v) is 10.2. The van der Waals surface area contributed by atoms with Crippen LogP contribution in [0.1, 0.15) is 46.6 Å². The first-order valence-electron chi connectivity index (χ1n) is 10.2. The molecule has 0 fully saturated rings. The lowest BCUT2D eigenvalue weighted by molar-refractivity contribution is 0.0987. The SMILES string of the molecule is Cc1ccc(C)c(N(C)C(=O)c2nc(-c3cccc(F)c3)n3c2CCCCC3)c1. The van der Waals surface area contributed by atoms with Crippen molar-refractivity contribution in [1.82, 2.24) is 9.55 Å². The van der Waals surface area contributed by atoms with Gasteiger partial charge in [0.2, 0.25) is 0 Å². The predicted octanol–water partition coefficient (Wildman–Crippen LogP) is 5.31. The number of hydrogen-bond donors (Lipinski definition) is 0. The molecular formula is C24H26FN3O. The van der Waals surface area contributed by atoms with Crippen molar-refractivity contribution in [3.63, 3.8) is 0 Å². The number of benzene rings is 2. The van der Waals surface area contributed by atoms with Crippen molar-refractivity contribution in [2.75, 3.05) is 11.9 Å². The van der Waals surface area contributed by atoms with Gasteiger partial charge in [-0.2, -0.15) is 0 Å². The number of rotatable bonds is 3. The largest absolute Gasteiger partial charge is 0.327 e. The molecule has 1 aliphatic heterocycles. The highest BCUT2D eigenvalue weighted by molar-refractivity contribution is 6.06. The minimum atomic E-state index is -0.297. The number of carbonyl (C=O) groups is 1. The van der Waals surface area contributed by atoms with Gasteiger partial charge in [0.1, 0.15) is 11.6 Å². The smallest absolute Gasteiger partial charge is 0.278 e. The van der Waals surface area contributed by atoms with E-state index in [2.05, 4.69) is 4.57 Å². The van der Waals surface area contributed by atoms with Crippen molar-refractivity contribution in [1.29, 1.82) is 0 Å². The van der Waals surface area contributed by atoms with Crippen LogP contribution in [0.5, 0.6) is 0 Å². The van der Waals surface area contributed by atoms with E-state index in [1.807, 2.05) is 38.1 Å². The standard InChI is InChI=1S/C24H26FN3O/c1-16-11-12-17(2)21(14-16)27(3)24(29)22-20-10-5-4-6-13-28(20)23(26-22)18-8-7-9-19(25)15-18/h7-9,11-12,14-15H,4-6,10,13H2,1-3H3. The fourth-order valence-corrected chi connectivity index (χ4v) is 4.09. The number of hydrogen-bond acceptors (Lipinski definition) is 2. The first-order chi connectivity index (χ1) is 14.0. The van der Waals surface area contributed by atoms with Crippen LogP contribution in [-0.2, 0) is 13.0 Å². The van der Waals surface area contributed by atoms with E-state index in [4.69, 9.17) is 4.98 Å². The molecule has 3 aromatic rings. The third-order valence-electron chi connectivity index (χ3n) is 5.68. The summed E-state index contributed by atoms with van der Waals surface area (Å²) in [6.45, 7) is 4.82. The summed E-state index contributed by atoms with van der Waals surface area (Å²) in [4.78, 5) is 19.9. The monoisotopic (exact) mass is 391 g/mol. The lowest BCUT2D eigenvalue weighted by atomic mass is 10.1. The molecule has 1 amide bonds. The summed E-state index contributed by atoms with van der Waals surface area (Å²) >= 11 is 0. The molecule has 0 saturated heterocycles. The summed E-state index contributed by atoms with van der Waals surface area (Å²) < 4.78 is 16.0. The Labute approximate surface area is 171 Å². The van der Waals surface area contributed by atoms with Gasteiger partial charge in [0.15, 0.2) is 5.69 Å². The molecule has 0 saturated carbocycles. The highest BCUT2D eigenvalue weighted by atomic mass is 19.1. The van der Waals surface area contributed by atoms with Gasteiger partial charge in [-0.25, -0.2) is 9.37 Å². The van der Waals surface area contributed by atoms with Crippen LogP contribution in [0.2, 0.25) is 0 Å². The highest BCUT2D eigenvalue weighted by Crippen LogP contribution is 2.30. The minimum Gasteiger partial charge on any atom is -0.327 e.